The Hall–Kier alpha value is -0.0700. The van der Waals surface area contributed by atoms with Crippen molar-refractivity contribution in [1.29, 1.82) is 0 Å². The van der Waals surface area contributed by atoms with Crippen LogP contribution in [-0.2, 0) is 0 Å². The van der Waals surface area contributed by atoms with Crippen LogP contribution >= 0.6 is 47.0 Å². The fraction of sp³-hybridized carbons (Fsp3) is 0. The van der Waals surface area contributed by atoms with Gasteiger partial charge in [-0.1, -0.05) is 52.2 Å². The van der Waals surface area contributed by atoms with Crippen LogP contribution in [0.4, 0.5) is 0 Å². The molecular formula is C6H3N3S4. The van der Waals surface area contributed by atoms with Crippen LogP contribution in [0.5, 0.6) is 0 Å². The fourth-order valence-corrected chi connectivity index (χ4v) is 4.92. The van der Waals surface area contributed by atoms with Crippen molar-refractivity contribution >= 4 is 47.0 Å². The minimum absolute atomic E-state index is 0.739. The predicted molar refractivity (Wildman–Crippen MR) is 63.8 cm³/mol. The van der Waals surface area contributed by atoms with Gasteiger partial charge < -0.3 is 0 Å². The van der Waals surface area contributed by atoms with Gasteiger partial charge in [0.05, 0.1) is 13.5 Å². The summed E-state index contributed by atoms with van der Waals surface area (Å²) in [6.07, 6.45) is 0. The van der Waals surface area contributed by atoms with Gasteiger partial charge in [0.15, 0.2) is 0 Å². The normalized spacial score (nSPS) is 20.5. The molecule has 7 heteroatoms. The van der Waals surface area contributed by atoms with Crippen LogP contribution in [0.15, 0.2) is 34.8 Å². The van der Waals surface area contributed by atoms with Crippen LogP contribution in [0.25, 0.3) is 10.4 Å². The molecule has 3 nitrogen and oxygen atoms in total. The molecule has 0 aromatic heterocycles. The molecule has 0 saturated carbocycles. The SMILES string of the molecule is [N-]=[N+]=NC1=CSC(=C2SC=CS2)S1. The summed E-state index contributed by atoms with van der Waals surface area (Å²) in [7, 11) is 0. The quantitative estimate of drug-likeness (QED) is 0.383. The second-order valence-corrected chi connectivity index (χ2v) is 6.21. The standard InChI is InChI=1S/C6H3N3S4/c7-9-8-4-3-12-6(13-4)5-10-1-2-11-5/h1-3H. The first-order valence-electron chi connectivity index (χ1n) is 3.22. The highest BCUT2D eigenvalue weighted by atomic mass is 32.2. The third kappa shape index (κ3) is 2.24. The number of rotatable bonds is 1. The second kappa shape index (κ2) is 4.43. The minimum atomic E-state index is 0.739. The molecule has 0 fully saturated rings. The average molecular weight is 245 g/mol. The summed E-state index contributed by atoms with van der Waals surface area (Å²) in [5.41, 5.74) is 8.23. The molecule has 66 valence electrons. The first-order valence-corrected chi connectivity index (χ1v) is 6.68. The van der Waals surface area contributed by atoms with Crippen LogP contribution in [0.1, 0.15) is 0 Å². The summed E-state index contributed by atoms with van der Waals surface area (Å²) in [4.78, 5) is 2.75. The molecule has 0 amide bonds. The van der Waals surface area contributed by atoms with Gasteiger partial charge in [0.25, 0.3) is 0 Å². The number of hydrogen-bond donors (Lipinski definition) is 0. The Morgan fingerprint density at radius 3 is 2.62 bits per heavy atom. The largest absolute Gasteiger partial charge is 0.0884 e. The Morgan fingerprint density at radius 2 is 1.92 bits per heavy atom. The van der Waals surface area contributed by atoms with E-state index in [2.05, 4.69) is 20.8 Å². The molecule has 0 bridgehead atoms. The smallest absolute Gasteiger partial charge is 0.0826 e. The fourth-order valence-electron chi connectivity index (χ4n) is 0.728. The lowest BCUT2D eigenvalue weighted by Gasteiger charge is -1.98. The van der Waals surface area contributed by atoms with Crippen molar-refractivity contribution in [2.24, 2.45) is 5.11 Å². The summed E-state index contributed by atoms with van der Waals surface area (Å²) < 4.78 is 2.48. The molecule has 2 heterocycles. The van der Waals surface area contributed by atoms with E-state index in [1.165, 1.54) is 20.2 Å². The lowest BCUT2D eigenvalue weighted by Crippen LogP contribution is -1.65. The maximum Gasteiger partial charge on any atom is 0.0826 e. The number of thioether (sulfide) groups is 4. The van der Waals surface area contributed by atoms with Crippen molar-refractivity contribution in [1.82, 2.24) is 0 Å². The summed E-state index contributed by atoms with van der Waals surface area (Å²) in [6, 6.07) is 0. The Bertz CT molecular complexity index is 354. The Balaban J connectivity index is 2.09. The molecule has 0 radical (unpaired) electrons. The molecule has 0 N–H and O–H groups in total. The van der Waals surface area contributed by atoms with E-state index in [0.717, 1.165) is 5.03 Å². The van der Waals surface area contributed by atoms with Crippen molar-refractivity contribution in [2.75, 3.05) is 0 Å². The average Bonchev–Trinajstić information content (AvgIpc) is 2.70. The van der Waals surface area contributed by atoms with Gasteiger partial charge in [-0.25, -0.2) is 0 Å². The zero-order chi connectivity index (χ0) is 9.10. The third-order valence-electron chi connectivity index (χ3n) is 1.18. The van der Waals surface area contributed by atoms with E-state index in [0.29, 0.717) is 0 Å². The highest BCUT2D eigenvalue weighted by molar-refractivity contribution is 8.33. The van der Waals surface area contributed by atoms with Gasteiger partial charge in [0.1, 0.15) is 0 Å². The van der Waals surface area contributed by atoms with Crippen molar-refractivity contribution in [2.45, 2.75) is 0 Å². The van der Waals surface area contributed by atoms with Gasteiger partial charge in [-0.3, -0.25) is 0 Å². The topological polar surface area (TPSA) is 48.8 Å². The summed E-state index contributed by atoms with van der Waals surface area (Å²) in [5.74, 6) is 0. The van der Waals surface area contributed by atoms with Gasteiger partial charge in [0, 0.05) is 4.91 Å². The molecule has 0 unspecified atom stereocenters. The van der Waals surface area contributed by atoms with Crippen molar-refractivity contribution in [3.8, 4) is 0 Å². The predicted octanol–water partition coefficient (Wildman–Crippen LogP) is 4.65. The molecule has 0 aliphatic carbocycles. The Labute approximate surface area is 92.1 Å². The minimum Gasteiger partial charge on any atom is -0.0884 e. The van der Waals surface area contributed by atoms with E-state index in [1.807, 2.05) is 5.41 Å². The Kier molecular flexibility index (Phi) is 3.23. The lowest BCUT2D eigenvalue weighted by atomic mass is 11.1. The molecule has 2 aliphatic heterocycles. The molecule has 0 aromatic carbocycles. The van der Waals surface area contributed by atoms with Gasteiger partial charge in [-0.05, 0) is 21.8 Å². The summed E-state index contributed by atoms with van der Waals surface area (Å²) in [6.45, 7) is 0. The van der Waals surface area contributed by atoms with Crippen LogP contribution in [0.3, 0.4) is 0 Å². The van der Waals surface area contributed by atoms with Crippen molar-refractivity contribution < 1.29 is 0 Å². The molecule has 2 aliphatic rings. The third-order valence-corrected chi connectivity index (χ3v) is 6.07. The first kappa shape index (κ1) is 9.48. The van der Waals surface area contributed by atoms with Crippen LogP contribution in [0.2, 0.25) is 0 Å². The zero-order valence-electron chi connectivity index (χ0n) is 6.21. The number of azide groups is 1. The summed E-state index contributed by atoms with van der Waals surface area (Å²) in [5, 5.41) is 10.3. The summed E-state index contributed by atoms with van der Waals surface area (Å²) >= 11 is 6.58. The molecule has 0 aromatic rings. The maximum atomic E-state index is 8.23. The zero-order valence-corrected chi connectivity index (χ0v) is 9.47. The maximum absolute atomic E-state index is 8.23. The van der Waals surface area contributed by atoms with Crippen LogP contribution in [0, 0.1) is 0 Å². The van der Waals surface area contributed by atoms with E-state index in [9.17, 15) is 0 Å². The second-order valence-electron chi connectivity index (χ2n) is 1.95. The molecule has 0 atom stereocenters. The molecule has 13 heavy (non-hydrogen) atoms. The van der Waals surface area contributed by atoms with Gasteiger partial charge in [-0.15, -0.1) is 0 Å². The monoisotopic (exact) mass is 245 g/mol. The molecular weight excluding hydrogens is 242 g/mol. The van der Waals surface area contributed by atoms with E-state index >= 15 is 0 Å². The number of hydrogen-bond acceptors (Lipinski definition) is 5. The Morgan fingerprint density at radius 1 is 1.15 bits per heavy atom. The molecule has 0 spiro atoms. The van der Waals surface area contributed by atoms with Crippen molar-refractivity contribution in [3.05, 3.63) is 40.2 Å². The van der Waals surface area contributed by atoms with Crippen LogP contribution in [-0.4, -0.2) is 0 Å². The van der Waals surface area contributed by atoms with E-state index in [1.54, 1.807) is 35.3 Å². The lowest BCUT2D eigenvalue weighted by molar-refractivity contribution is 1.49. The van der Waals surface area contributed by atoms with Gasteiger partial charge in [0.2, 0.25) is 0 Å². The number of nitrogens with zero attached hydrogens (tertiary/aromatic N) is 3. The molecule has 0 saturated heterocycles. The molecule has 2 rings (SSSR count). The van der Waals surface area contributed by atoms with E-state index in [-0.39, 0.29) is 0 Å². The van der Waals surface area contributed by atoms with E-state index < -0.39 is 0 Å². The first-order chi connectivity index (χ1) is 6.40. The van der Waals surface area contributed by atoms with Crippen LogP contribution < -0.4 is 0 Å². The van der Waals surface area contributed by atoms with Crippen molar-refractivity contribution in [3.63, 3.8) is 0 Å². The van der Waals surface area contributed by atoms with E-state index in [4.69, 9.17) is 5.53 Å². The van der Waals surface area contributed by atoms with Gasteiger partial charge >= 0.3 is 0 Å². The highest BCUT2D eigenvalue weighted by Gasteiger charge is 2.17. The van der Waals surface area contributed by atoms with Gasteiger partial charge in [-0.2, -0.15) is 0 Å². The highest BCUT2D eigenvalue weighted by Crippen LogP contribution is 2.53.